The number of nitrogens with zero attached hydrogens (tertiary/aromatic N) is 2. The Bertz CT molecular complexity index is 682. The molecular weight excluding hydrogens is 340 g/mol. The average molecular weight is 364 g/mol. The highest BCUT2D eigenvalue weighted by Crippen LogP contribution is 2.28. The number of likely N-dealkylation sites (N-methyl/N-ethyl adjacent to an activating group) is 1. The lowest BCUT2D eigenvalue weighted by atomic mass is 9.87. The quantitative estimate of drug-likeness (QED) is 0.437. The van der Waals surface area contributed by atoms with E-state index in [-0.39, 0.29) is 35.6 Å². The number of hydrogen-bond acceptors (Lipinski definition) is 6. The summed E-state index contributed by atoms with van der Waals surface area (Å²) in [5.41, 5.74) is -0.332. The summed E-state index contributed by atoms with van der Waals surface area (Å²) >= 11 is 0. The number of nitro groups is 1. The predicted molar refractivity (Wildman–Crippen MR) is 94.1 cm³/mol. The molecule has 0 aliphatic heterocycles. The third-order valence-corrected chi connectivity index (χ3v) is 4.86. The van der Waals surface area contributed by atoms with Gasteiger partial charge in [-0.05, 0) is 43.7 Å². The monoisotopic (exact) mass is 364 g/mol. The van der Waals surface area contributed by atoms with Gasteiger partial charge in [0, 0.05) is 19.2 Å². The maximum Gasteiger partial charge on any atom is 0.338 e. The van der Waals surface area contributed by atoms with Gasteiger partial charge in [0.05, 0.1) is 17.6 Å². The minimum Gasteiger partial charge on any atom is -0.490 e. The number of carbonyl (C=O) groups excluding carboxylic acids is 2. The van der Waals surface area contributed by atoms with Crippen molar-refractivity contribution in [2.45, 2.75) is 38.6 Å². The molecule has 0 unspecified atom stereocenters. The van der Waals surface area contributed by atoms with Gasteiger partial charge in [-0.3, -0.25) is 14.9 Å². The SMILES string of the molecule is COc1ccc(C(=O)OCC(=O)N(C)C2CCC(C)CC2)cc1[N+](=O)[O-]. The molecule has 0 heterocycles. The molecule has 1 aliphatic carbocycles. The van der Waals surface area contributed by atoms with Crippen LogP contribution in [-0.4, -0.2) is 48.5 Å². The summed E-state index contributed by atoms with van der Waals surface area (Å²) < 4.78 is 9.93. The van der Waals surface area contributed by atoms with Crippen LogP contribution in [0.25, 0.3) is 0 Å². The number of ether oxygens (including phenoxy) is 2. The zero-order valence-corrected chi connectivity index (χ0v) is 15.3. The normalized spacial score (nSPS) is 19.5. The van der Waals surface area contributed by atoms with Gasteiger partial charge in [0.25, 0.3) is 5.91 Å². The lowest BCUT2D eigenvalue weighted by molar-refractivity contribution is -0.385. The van der Waals surface area contributed by atoms with Crippen molar-refractivity contribution in [2.24, 2.45) is 5.92 Å². The maximum absolute atomic E-state index is 12.3. The van der Waals surface area contributed by atoms with E-state index in [1.54, 1.807) is 11.9 Å². The van der Waals surface area contributed by atoms with Gasteiger partial charge in [0.2, 0.25) is 0 Å². The van der Waals surface area contributed by atoms with Crippen molar-refractivity contribution in [3.63, 3.8) is 0 Å². The predicted octanol–water partition coefficient (Wildman–Crippen LogP) is 2.80. The summed E-state index contributed by atoms with van der Waals surface area (Å²) in [6, 6.07) is 3.94. The minimum atomic E-state index is -0.783. The second-order valence-electron chi connectivity index (χ2n) is 6.64. The third kappa shape index (κ3) is 4.71. The molecule has 0 radical (unpaired) electrons. The van der Waals surface area contributed by atoms with E-state index in [9.17, 15) is 19.7 Å². The zero-order valence-electron chi connectivity index (χ0n) is 15.3. The Labute approximate surface area is 152 Å². The van der Waals surface area contributed by atoms with E-state index in [2.05, 4.69) is 6.92 Å². The summed E-state index contributed by atoms with van der Waals surface area (Å²) in [7, 11) is 3.02. The van der Waals surface area contributed by atoms with Crippen LogP contribution in [0.5, 0.6) is 5.75 Å². The second-order valence-corrected chi connectivity index (χ2v) is 6.64. The smallest absolute Gasteiger partial charge is 0.338 e. The van der Waals surface area contributed by atoms with Gasteiger partial charge < -0.3 is 14.4 Å². The first-order chi connectivity index (χ1) is 12.3. The fraction of sp³-hybridized carbons (Fsp3) is 0.556. The van der Waals surface area contributed by atoms with Crippen LogP contribution in [0.4, 0.5) is 5.69 Å². The Morgan fingerprint density at radius 2 is 1.92 bits per heavy atom. The van der Waals surface area contributed by atoms with Gasteiger partial charge in [-0.15, -0.1) is 0 Å². The van der Waals surface area contributed by atoms with E-state index >= 15 is 0 Å². The molecule has 0 spiro atoms. The molecular formula is C18H24N2O6. The van der Waals surface area contributed by atoms with Crippen molar-refractivity contribution in [3.05, 3.63) is 33.9 Å². The van der Waals surface area contributed by atoms with E-state index < -0.39 is 10.9 Å². The van der Waals surface area contributed by atoms with E-state index in [0.29, 0.717) is 5.92 Å². The molecule has 26 heavy (non-hydrogen) atoms. The number of amides is 1. The van der Waals surface area contributed by atoms with Gasteiger partial charge in [-0.25, -0.2) is 4.79 Å². The zero-order chi connectivity index (χ0) is 19.3. The highest BCUT2D eigenvalue weighted by Gasteiger charge is 2.26. The Hall–Kier alpha value is -2.64. The van der Waals surface area contributed by atoms with Crippen molar-refractivity contribution < 1.29 is 24.0 Å². The molecule has 2 rings (SSSR count). The number of hydrogen-bond donors (Lipinski definition) is 0. The molecule has 0 saturated heterocycles. The summed E-state index contributed by atoms with van der Waals surface area (Å²) in [6.45, 7) is 1.81. The fourth-order valence-corrected chi connectivity index (χ4v) is 3.11. The van der Waals surface area contributed by atoms with Crippen LogP contribution in [0, 0.1) is 16.0 Å². The second kappa shape index (κ2) is 8.64. The molecule has 1 amide bonds. The van der Waals surface area contributed by atoms with Crippen molar-refractivity contribution in [1.82, 2.24) is 4.90 Å². The highest BCUT2D eigenvalue weighted by atomic mass is 16.6. The van der Waals surface area contributed by atoms with Gasteiger partial charge in [-0.2, -0.15) is 0 Å². The summed E-state index contributed by atoms with van der Waals surface area (Å²) in [6.07, 6.45) is 4.05. The molecule has 8 heteroatoms. The molecule has 142 valence electrons. The third-order valence-electron chi connectivity index (χ3n) is 4.86. The first-order valence-corrected chi connectivity index (χ1v) is 8.58. The molecule has 1 aromatic carbocycles. The maximum atomic E-state index is 12.3. The molecule has 1 aliphatic rings. The molecule has 0 N–H and O–H groups in total. The van der Waals surface area contributed by atoms with Crippen LogP contribution in [0.2, 0.25) is 0 Å². The van der Waals surface area contributed by atoms with E-state index in [0.717, 1.165) is 31.7 Å². The molecule has 0 aromatic heterocycles. The van der Waals surface area contributed by atoms with Crippen LogP contribution < -0.4 is 4.74 Å². The van der Waals surface area contributed by atoms with Crippen LogP contribution in [0.15, 0.2) is 18.2 Å². The standard InChI is InChI=1S/C18H24N2O6/c1-12-4-7-14(8-5-12)19(2)17(21)11-26-18(22)13-6-9-16(25-3)15(10-13)20(23)24/h6,9-10,12,14H,4-5,7-8,11H2,1-3H3. The van der Waals surface area contributed by atoms with Crippen LogP contribution >= 0.6 is 0 Å². The Balaban J connectivity index is 1.94. The first-order valence-electron chi connectivity index (χ1n) is 8.58. The van der Waals surface area contributed by atoms with Gasteiger partial charge >= 0.3 is 11.7 Å². The number of carbonyl (C=O) groups is 2. The van der Waals surface area contributed by atoms with Crippen LogP contribution in [0.3, 0.4) is 0 Å². The lowest BCUT2D eigenvalue weighted by Crippen LogP contribution is -2.41. The van der Waals surface area contributed by atoms with Crippen molar-refractivity contribution >= 4 is 17.6 Å². The van der Waals surface area contributed by atoms with Gasteiger partial charge in [-0.1, -0.05) is 6.92 Å². The topological polar surface area (TPSA) is 99.0 Å². The number of esters is 1. The Morgan fingerprint density at radius 1 is 1.27 bits per heavy atom. The first kappa shape index (κ1) is 19.7. The Morgan fingerprint density at radius 3 is 2.50 bits per heavy atom. The molecule has 1 aromatic rings. The molecule has 1 saturated carbocycles. The fourth-order valence-electron chi connectivity index (χ4n) is 3.11. The average Bonchev–Trinajstić information content (AvgIpc) is 2.65. The number of benzene rings is 1. The highest BCUT2D eigenvalue weighted by molar-refractivity contribution is 5.92. The lowest BCUT2D eigenvalue weighted by Gasteiger charge is -2.33. The number of rotatable bonds is 6. The Kier molecular flexibility index (Phi) is 6.54. The number of nitro benzene ring substituents is 1. The van der Waals surface area contributed by atoms with Crippen molar-refractivity contribution in [3.8, 4) is 5.75 Å². The number of methoxy groups -OCH3 is 1. The van der Waals surface area contributed by atoms with E-state index in [4.69, 9.17) is 9.47 Å². The van der Waals surface area contributed by atoms with E-state index in [1.165, 1.54) is 19.2 Å². The summed E-state index contributed by atoms with van der Waals surface area (Å²) in [5, 5.41) is 11.0. The summed E-state index contributed by atoms with van der Waals surface area (Å²) in [5.74, 6) is -0.331. The van der Waals surface area contributed by atoms with Gasteiger partial charge in [0.1, 0.15) is 0 Å². The largest absolute Gasteiger partial charge is 0.490 e. The molecule has 8 nitrogen and oxygen atoms in total. The van der Waals surface area contributed by atoms with E-state index in [1.807, 2.05) is 0 Å². The molecule has 0 bridgehead atoms. The van der Waals surface area contributed by atoms with Gasteiger partial charge in [0.15, 0.2) is 12.4 Å². The van der Waals surface area contributed by atoms with Crippen molar-refractivity contribution in [1.29, 1.82) is 0 Å². The summed E-state index contributed by atoms with van der Waals surface area (Å²) in [4.78, 5) is 36.4. The van der Waals surface area contributed by atoms with Crippen LogP contribution in [0.1, 0.15) is 43.0 Å². The van der Waals surface area contributed by atoms with Crippen LogP contribution in [-0.2, 0) is 9.53 Å². The molecule has 0 atom stereocenters. The van der Waals surface area contributed by atoms with Crippen molar-refractivity contribution in [2.75, 3.05) is 20.8 Å². The molecule has 1 fully saturated rings. The minimum absolute atomic E-state index is 0.000515.